The molecule has 0 heterocycles. The average Bonchev–Trinajstić information content (AvgIpc) is 2.24. The molecular formula is C11H22F3N3O. The molecule has 4 nitrogen and oxygen atoms in total. The Morgan fingerprint density at radius 2 is 1.89 bits per heavy atom. The first-order valence-electron chi connectivity index (χ1n) is 5.89. The molecule has 18 heavy (non-hydrogen) atoms. The van der Waals surface area contributed by atoms with Gasteiger partial charge in [0, 0.05) is 5.41 Å². The first-order chi connectivity index (χ1) is 8.12. The van der Waals surface area contributed by atoms with E-state index >= 15 is 0 Å². The van der Waals surface area contributed by atoms with E-state index in [9.17, 15) is 13.2 Å². The van der Waals surface area contributed by atoms with Crippen molar-refractivity contribution in [3.63, 3.8) is 0 Å². The van der Waals surface area contributed by atoms with Gasteiger partial charge in [0.05, 0.1) is 6.54 Å². The van der Waals surface area contributed by atoms with Crippen molar-refractivity contribution in [1.82, 2.24) is 4.90 Å². The summed E-state index contributed by atoms with van der Waals surface area (Å²) in [5, 5.41) is 11.5. The van der Waals surface area contributed by atoms with Gasteiger partial charge >= 0.3 is 6.18 Å². The number of amidine groups is 1. The number of hydrogen-bond acceptors (Lipinski definition) is 3. The molecule has 0 spiro atoms. The first-order valence-corrected chi connectivity index (χ1v) is 5.89. The topological polar surface area (TPSA) is 61.8 Å². The summed E-state index contributed by atoms with van der Waals surface area (Å²) in [6.07, 6.45) is -3.04. The summed E-state index contributed by atoms with van der Waals surface area (Å²) >= 11 is 0. The Labute approximate surface area is 106 Å². The molecule has 0 aliphatic rings. The highest BCUT2D eigenvalue weighted by molar-refractivity contribution is 5.85. The summed E-state index contributed by atoms with van der Waals surface area (Å²) in [5.41, 5.74) is 5.00. The van der Waals surface area contributed by atoms with Gasteiger partial charge in [-0.3, -0.25) is 4.90 Å². The van der Waals surface area contributed by atoms with Crippen molar-refractivity contribution < 1.29 is 18.4 Å². The van der Waals surface area contributed by atoms with Crippen molar-refractivity contribution in [2.75, 3.05) is 19.6 Å². The maximum absolute atomic E-state index is 12.2. The van der Waals surface area contributed by atoms with Crippen molar-refractivity contribution in [1.29, 1.82) is 0 Å². The Morgan fingerprint density at radius 1 is 1.33 bits per heavy atom. The van der Waals surface area contributed by atoms with Crippen molar-refractivity contribution in [2.24, 2.45) is 16.3 Å². The quantitative estimate of drug-likeness (QED) is 0.323. The molecule has 0 aromatic rings. The zero-order valence-electron chi connectivity index (χ0n) is 11.1. The van der Waals surface area contributed by atoms with E-state index < -0.39 is 18.1 Å². The molecule has 0 atom stereocenters. The minimum atomic E-state index is -4.17. The average molecular weight is 269 g/mol. The number of oxime groups is 1. The third-order valence-electron chi connectivity index (χ3n) is 2.93. The number of nitrogens with zero attached hydrogens (tertiary/aromatic N) is 2. The smallest absolute Gasteiger partial charge is 0.401 e. The van der Waals surface area contributed by atoms with Gasteiger partial charge in [-0.25, -0.2) is 0 Å². The van der Waals surface area contributed by atoms with Crippen LogP contribution >= 0.6 is 0 Å². The maximum atomic E-state index is 12.2. The fourth-order valence-electron chi connectivity index (χ4n) is 1.61. The van der Waals surface area contributed by atoms with Crippen LogP contribution in [0.2, 0.25) is 0 Å². The van der Waals surface area contributed by atoms with E-state index in [1.807, 2.05) is 0 Å². The Balaban J connectivity index is 4.16. The van der Waals surface area contributed by atoms with E-state index in [0.29, 0.717) is 25.9 Å². The number of hydrogen-bond donors (Lipinski definition) is 2. The predicted octanol–water partition coefficient (Wildman–Crippen LogP) is 2.42. The molecule has 0 fully saturated rings. The van der Waals surface area contributed by atoms with Crippen LogP contribution in [0.3, 0.4) is 0 Å². The van der Waals surface area contributed by atoms with E-state index in [0.717, 1.165) is 0 Å². The van der Waals surface area contributed by atoms with Crippen molar-refractivity contribution in [2.45, 2.75) is 39.8 Å². The van der Waals surface area contributed by atoms with Crippen molar-refractivity contribution in [3.8, 4) is 0 Å². The second-order valence-corrected chi connectivity index (χ2v) is 4.96. The summed E-state index contributed by atoms with van der Waals surface area (Å²) in [7, 11) is 0. The molecule has 0 rings (SSSR count). The maximum Gasteiger partial charge on any atom is 0.401 e. The predicted molar refractivity (Wildman–Crippen MR) is 64.6 cm³/mol. The lowest BCUT2D eigenvalue weighted by Gasteiger charge is -2.26. The van der Waals surface area contributed by atoms with E-state index in [2.05, 4.69) is 5.16 Å². The lowest BCUT2D eigenvalue weighted by molar-refractivity contribution is -0.145. The minimum absolute atomic E-state index is 0.0985. The molecule has 0 saturated carbocycles. The molecule has 0 aliphatic heterocycles. The van der Waals surface area contributed by atoms with E-state index in [1.165, 1.54) is 4.90 Å². The molecule has 0 aromatic heterocycles. The number of halogens is 3. The Bertz CT molecular complexity index is 277. The van der Waals surface area contributed by atoms with Crippen LogP contribution in [-0.4, -0.2) is 41.8 Å². The summed E-state index contributed by atoms with van der Waals surface area (Å²) in [4.78, 5) is 1.34. The third kappa shape index (κ3) is 6.68. The highest BCUT2D eigenvalue weighted by Crippen LogP contribution is 2.23. The van der Waals surface area contributed by atoms with Crippen LogP contribution in [0.4, 0.5) is 13.2 Å². The molecular weight excluding hydrogens is 247 g/mol. The van der Waals surface area contributed by atoms with Crippen LogP contribution in [0.5, 0.6) is 0 Å². The molecule has 108 valence electrons. The molecule has 0 radical (unpaired) electrons. The zero-order valence-corrected chi connectivity index (χ0v) is 11.1. The highest BCUT2D eigenvalue weighted by Gasteiger charge is 2.30. The Hall–Kier alpha value is -0.980. The molecule has 0 aromatic carbocycles. The second kappa shape index (κ2) is 6.82. The SMILES string of the molecule is CCN(CCCC(C)(C)C(N)=NO)CC(F)(F)F. The van der Waals surface area contributed by atoms with Crippen LogP contribution in [0.15, 0.2) is 5.16 Å². The van der Waals surface area contributed by atoms with Gasteiger partial charge in [0.1, 0.15) is 5.84 Å². The van der Waals surface area contributed by atoms with Crippen LogP contribution in [0.25, 0.3) is 0 Å². The summed E-state index contributed by atoms with van der Waals surface area (Å²) < 4.78 is 36.7. The van der Waals surface area contributed by atoms with Gasteiger partial charge in [-0.15, -0.1) is 0 Å². The third-order valence-corrected chi connectivity index (χ3v) is 2.93. The van der Waals surface area contributed by atoms with E-state index in [1.54, 1.807) is 20.8 Å². The molecule has 0 saturated heterocycles. The van der Waals surface area contributed by atoms with Gasteiger partial charge in [-0.05, 0) is 25.9 Å². The molecule has 3 N–H and O–H groups in total. The second-order valence-electron chi connectivity index (χ2n) is 4.96. The lowest BCUT2D eigenvalue weighted by Crippen LogP contribution is -2.36. The standard InChI is InChI=1S/C11H22F3N3O/c1-4-17(8-11(12,13)14)7-5-6-10(2,3)9(15)16-18/h18H,4-8H2,1-3H3,(H2,15,16). The Kier molecular flexibility index (Phi) is 6.45. The zero-order chi connectivity index (χ0) is 14.4. The fraction of sp³-hybridized carbons (Fsp3) is 0.909. The highest BCUT2D eigenvalue weighted by atomic mass is 19.4. The number of nitrogens with two attached hydrogens (primary N) is 1. The minimum Gasteiger partial charge on any atom is -0.409 e. The molecule has 0 bridgehead atoms. The summed E-state index contributed by atoms with van der Waals surface area (Å²) in [6, 6.07) is 0. The largest absolute Gasteiger partial charge is 0.409 e. The van der Waals surface area contributed by atoms with Crippen LogP contribution in [0, 0.1) is 5.41 Å². The van der Waals surface area contributed by atoms with Crippen LogP contribution in [-0.2, 0) is 0 Å². The molecule has 0 unspecified atom stereocenters. The Morgan fingerprint density at radius 3 is 2.28 bits per heavy atom. The first kappa shape index (κ1) is 17.0. The monoisotopic (exact) mass is 269 g/mol. The fourth-order valence-corrected chi connectivity index (χ4v) is 1.61. The number of alkyl halides is 3. The van der Waals surface area contributed by atoms with Gasteiger partial charge in [-0.2, -0.15) is 13.2 Å². The molecule has 0 amide bonds. The van der Waals surface area contributed by atoms with Gasteiger partial charge < -0.3 is 10.9 Å². The van der Waals surface area contributed by atoms with Gasteiger partial charge in [-0.1, -0.05) is 25.9 Å². The molecule has 7 heteroatoms. The lowest BCUT2D eigenvalue weighted by atomic mass is 9.86. The summed E-state index contributed by atoms with van der Waals surface area (Å²) in [6.45, 7) is 5.08. The summed E-state index contributed by atoms with van der Waals surface area (Å²) in [5.74, 6) is 0.0985. The van der Waals surface area contributed by atoms with Crippen molar-refractivity contribution in [3.05, 3.63) is 0 Å². The van der Waals surface area contributed by atoms with E-state index in [4.69, 9.17) is 10.9 Å². The van der Waals surface area contributed by atoms with Gasteiger partial charge in [0.15, 0.2) is 0 Å². The normalized spacial score (nSPS) is 14.3. The van der Waals surface area contributed by atoms with E-state index in [-0.39, 0.29) is 5.84 Å². The van der Waals surface area contributed by atoms with Crippen LogP contribution in [0.1, 0.15) is 33.6 Å². The van der Waals surface area contributed by atoms with Crippen LogP contribution < -0.4 is 5.73 Å². The van der Waals surface area contributed by atoms with Crippen molar-refractivity contribution >= 4 is 5.84 Å². The van der Waals surface area contributed by atoms with Gasteiger partial charge in [0.2, 0.25) is 0 Å². The molecule has 0 aliphatic carbocycles. The number of rotatable bonds is 7. The van der Waals surface area contributed by atoms with Gasteiger partial charge in [0.25, 0.3) is 0 Å².